The monoisotopic (exact) mass is 222 g/mol. The summed E-state index contributed by atoms with van der Waals surface area (Å²) in [5.41, 5.74) is 7.91. The summed E-state index contributed by atoms with van der Waals surface area (Å²) in [5.74, 6) is 0.429. The van der Waals surface area contributed by atoms with Gasteiger partial charge in [-0.3, -0.25) is 0 Å². The summed E-state index contributed by atoms with van der Waals surface area (Å²) in [6.45, 7) is 0. The van der Waals surface area contributed by atoms with Gasteiger partial charge in [0.2, 0.25) is 0 Å². The van der Waals surface area contributed by atoms with Crippen LogP contribution in [0.15, 0.2) is 17.5 Å². The molecule has 0 spiro atoms. The van der Waals surface area contributed by atoms with E-state index in [0.29, 0.717) is 17.1 Å². The number of alkyl halides is 1. The zero-order valence-corrected chi connectivity index (χ0v) is 8.82. The van der Waals surface area contributed by atoms with Gasteiger partial charge in [-0.25, -0.2) is 0 Å². The molecule has 0 fully saturated rings. The van der Waals surface area contributed by atoms with E-state index in [0.717, 1.165) is 15.6 Å². The van der Waals surface area contributed by atoms with Gasteiger partial charge < -0.3 is 5.73 Å². The number of hydrogen-bond donors (Lipinski definition) is 1. The van der Waals surface area contributed by atoms with E-state index in [-0.39, 0.29) is 0 Å². The van der Waals surface area contributed by atoms with Gasteiger partial charge in [0.25, 0.3) is 0 Å². The second-order valence-electron chi connectivity index (χ2n) is 2.95. The Hall–Kier alpha value is -1.24. The fourth-order valence-electron chi connectivity index (χ4n) is 1.44. The van der Waals surface area contributed by atoms with Gasteiger partial charge in [0.05, 0.1) is 11.6 Å². The summed E-state index contributed by atoms with van der Waals surface area (Å²) in [6.07, 6.45) is 0. The molecule has 0 bridgehead atoms. The van der Waals surface area contributed by atoms with E-state index < -0.39 is 0 Å². The Balaban J connectivity index is 2.87. The summed E-state index contributed by atoms with van der Waals surface area (Å²) < 4.78 is 1.03. The first-order valence-electron chi connectivity index (χ1n) is 4.02. The molecule has 0 radical (unpaired) electrons. The largest absolute Gasteiger partial charge is 0.399 e. The van der Waals surface area contributed by atoms with Gasteiger partial charge in [-0.1, -0.05) is 0 Å². The van der Waals surface area contributed by atoms with Crippen LogP contribution in [0.4, 0.5) is 5.69 Å². The molecule has 0 aliphatic rings. The minimum Gasteiger partial charge on any atom is -0.399 e. The van der Waals surface area contributed by atoms with Crippen LogP contribution in [0.2, 0.25) is 0 Å². The minimum absolute atomic E-state index is 0.429. The molecular formula is C10H7ClN2S. The first kappa shape index (κ1) is 9.32. The third kappa shape index (κ3) is 1.33. The molecule has 0 aliphatic heterocycles. The van der Waals surface area contributed by atoms with Gasteiger partial charge in [-0.2, -0.15) is 5.26 Å². The first-order valence-corrected chi connectivity index (χ1v) is 5.43. The number of nitrogen functional groups attached to an aromatic ring is 1. The van der Waals surface area contributed by atoms with Crippen LogP contribution in [0.1, 0.15) is 11.1 Å². The zero-order valence-electron chi connectivity index (χ0n) is 7.25. The van der Waals surface area contributed by atoms with Gasteiger partial charge in [-0.05, 0) is 23.1 Å². The van der Waals surface area contributed by atoms with E-state index in [9.17, 15) is 0 Å². The van der Waals surface area contributed by atoms with E-state index in [1.807, 2.05) is 11.4 Å². The summed E-state index contributed by atoms with van der Waals surface area (Å²) in [5, 5.41) is 11.9. The Kier molecular flexibility index (Phi) is 2.32. The van der Waals surface area contributed by atoms with Crippen molar-refractivity contribution in [1.29, 1.82) is 5.26 Å². The predicted octanol–water partition coefficient (Wildman–Crippen LogP) is 3.09. The van der Waals surface area contributed by atoms with Crippen LogP contribution in [0.25, 0.3) is 10.1 Å². The molecule has 70 valence electrons. The van der Waals surface area contributed by atoms with Crippen molar-refractivity contribution < 1.29 is 0 Å². The topological polar surface area (TPSA) is 49.8 Å². The number of hydrogen-bond acceptors (Lipinski definition) is 3. The third-order valence-electron chi connectivity index (χ3n) is 2.04. The van der Waals surface area contributed by atoms with Crippen molar-refractivity contribution in [2.24, 2.45) is 0 Å². The molecule has 4 heteroatoms. The van der Waals surface area contributed by atoms with Crippen LogP contribution >= 0.6 is 22.9 Å². The molecule has 0 saturated carbocycles. The SMILES string of the molecule is N#Cc1cc(N)cc2scc(CCl)c12. The summed E-state index contributed by atoms with van der Waals surface area (Å²) in [6, 6.07) is 5.70. The summed E-state index contributed by atoms with van der Waals surface area (Å²) in [7, 11) is 0. The highest BCUT2D eigenvalue weighted by Crippen LogP contribution is 2.31. The lowest BCUT2D eigenvalue weighted by Gasteiger charge is -1.98. The number of nitrogens with two attached hydrogens (primary N) is 1. The van der Waals surface area contributed by atoms with E-state index in [1.165, 1.54) is 0 Å². The molecule has 0 atom stereocenters. The van der Waals surface area contributed by atoms with Crippen molar-refractivity contribution in [3.63, 3.8) is 0 Å². The van der Waals surface area contributed by atoms with Crippen LogP contribution in [-0.2, 0) is 5.88 Å². The number of nitrogens with zero attached hydrogens (tertiary/aromatic N) is 1. The molecule has 0 saturated heterocycles. The standard InChI is InChI=1S/C10H7ClN2S/c11-3-7-5-14-9-2-8(13)1-6(4-12)10(7)9/h1-2,5H,3,13H2. The summed E-state index contributed by atoms with van der Waals surface area (Å²) in [4.78, 5) is 0. The molecule has 1 aromatic heterocycles. The van der Waals surface area contributed by atoms with Crippen molar-refractivity contribution in [3.8, 4) is 6.07 Å². The fourth-order valence-corrected chi connectivity index (χ4v) is 2.78. The molecule has 2 aromatic rings. The number of benzene rings is 1. The average Bonchev–Trinajstić information content (AvgIpc) is 2.59. The molecule has 2 nitrogen and oxygen atoms in total. The lowest BCUT2D eigenvalue weighted by atomic mass is 10.1. The number of rotatable bonds is 1. The number of fused-ring (bicyclic) bond motifs is 1. The number of anilines is 1. The second-order valence-corrected chi connectivity index (χ2v) is 4.13. The van der Waals surface area contributed by atoms with Crippen molar-refractivity contribution in [2.75, 3.05) is 5.73 Å². The second kappa shape index (κ2) is 3.49. The molecule has 0 aliphatic carbocycles. The zero-order chi connectivity index (χ0) is 10.1. The Morgan fingerprint density at radius 3 is 2.93 bits per heavy atom. The maximum atomic E-state index is 8.95. The quantitative estimate of drug-likeness (QED) is 0.596. The lowest BCUT2D eigenvalue weighted by molar-refractivity contribution is 1.47. The molecule has 0 amide bonds. The van der Waals surface area contributed by atoms with Gasteiger partial charge >= 0.3 is 0 Å². The Morgan fingerprint density at radius 2 is 2.29 bits per heavy atom. The maximum absolute atomic E-state index is 8.95. The molecule has 14 heavy (non-hydrogen) atoms. The Morgan fingerprint density at radius 1 is 1.50 bits per heavy atom. The normalized spacial score (nSPS) is 10.3. The van der Waals surface area contributed by atoms with Gasteiger partial charge in [0.15, 0.2) is 0 Å². The molecule has 2 N–H and O–H groups in total. The van der Waals surface area contributed by atoms with Gasteiger partial charge in [-0.15, -0.1) is 22.9 Å². The van der Waals surface area contributed by atoms with Crippen molar-refractivity contribution >= 4 is 38.7 Å². The van der Waals surface area contributed by atoms with E-state index in [1.54, 1.807) is 17.4 Å². The van der Waals surface area contributed by atoms with Crippen LogP contribution in [-0.4, -0.2) is 0 Å². The molecule has 1 heterocycles. The van der Waals surface area contributed by atoms with E-state index in [2.05, 4.69) is 6.07 Å². The molecular weight excluding hydrogens is 216 g/mol. The number of nitriles is 1. The van der Waals surface area contributed by atoms with Crippen molar-refractivity contribution in [3.05, 3.63) is 28.6 Å². The van der Waals surface area contributed by atoms with Crippen LogP contribution in [0.5, 0.6) is 0 Å². The van der Waals surface area contributed by atoms with E-state index in [4.69, 9.17) is 22.6 Å². The average molecular weight is 223 g/mol. The molecule has 0 unspecified atom stereocenters. The lowest BCUT2D eigenvalue weighted by Crippen LogP contribution is -1.87. The van der Waals surface area contributed by atoms with Crippen LogP contribution < -0.4 is 5.73 Å². The first-order chi connectivity index (χ1) is 6.76. The van der Waals surface area contributed by atoms with Gasteiger partial charge in [0.1, 0.15) is 0 Å². The third-order valence-corrected chi connectivity index (χ3v) is 3.30. The van der Waals surface area contributed by atoms with Crippen LogP contribution in [0.3, 0.4) is 0 Å². The highest BCUT2D eigenvalue weighted by atomic mass is 35.5. The predicted molar refractivity (Wildman–Crippen MR) is 60.5 cm³/mol. The van der Waals surface area contributed by atoms with Gasteiger partial charge in [0, 0.05) is 21.7 Å². The van der Waals surface area contributed by atoms with Crippen LogP contribution in [0, 0.1) is 11.3 Å². The van der Waals surface area contributed by atoms with Crippen molar-refractivity contribution in [1.82, 2.24) is 0 Å². The maximum Gasteiger partial charge on any atom is 0.0999 e. The number of thiophene rings is 1. The van der Waals surface area contributed by atoms with E-state index >= 15 is 0 Å². The highest BCUT2D eigenvalue weighted by molar-refractivity contribution is 7.17. The Bertz CT molecular complexity index is 525. The molecule has 2 rings (SSSR count). The summed E-state index contributed by atoms with van der Waals surface area (Å²) >= 11 is 7.35. The minimum atomic E-state index is 0.429. The number of halogens is 1. The van der Waals surface area contributed by atoms with Crippen molar-refractivity contribution in [2.45, 2.75) is 5.88 Å². The Labute approximate surface area is 90.5 Å². The molecule has 1 aromatic carbocycles. The smallest absolute Gasteiger partial charge is 0.0999 e. The highest BCUT2D eigenvalue weighted by Gasteiger charge is 2.08. The fraction of sp³-hybridized carbons (Fsp3) is 0.100.